The molecule has 7 nitrogen and oxygen atoms in total. The number of hydrogen-bond acceptors (Lipinski definition) is 5. The lowest BCUT2D eigenvalue weighted by Crippen LogP contribution is -2.39. The molecule has 1 N–H and O–H groups in total. The summed E-state index contributed by atoms with van der Waals surface area (Å²) in [4.78, 5) is 24.6. The number of amides is 2. The molecule has 0 bridgehead atoms. The Hall–Kier alpha value is -2.89. The van der Waals surface area contributed by atoms with Crippen LogP contribution in [-0.4, -0.2) is 49.5 Å². The predicted octanol–water partition coefficient (Wildman–Crippen LogP) is 3.38. The maximum Gasteiger partial charge on any atom is 0.233 e. The van der Waals surface area contributed by atoms with Crippen molar-refractivity contribution in [3.05, 3.63) is 70.7 Å². The molecule has 2 aromatic rings. The average Bonchev–Trinajstić information content (AvgIpc) is 3.77. The standard InChI is InChI=1S/C21H22ClNO3S.C5H6N2O/c22-18-8-6-17(7-9-18)21(11-12-21)20(24)23-13-10-19(14-23)27(25,26)15-16-4-2-1-3-5-16;6-3-5(1-2-5)7-4-8/h1-9,19H,10-15H2;4H,1-2H2,(H,7,8). The van der Waals surface area contributed by atoms with E-state index in [2.05, 4.69) is 5.32 Å². The van der Waals surface area contributed by atoms with Crippen molar-refractivity contribution in [2.75, 3.05) is 13.1 Å². The second kappa shape index (κ2) is 10.00. The Morgan fingerprint density at radius 1 is 1.11 bits per heavy atom. The molecule has 9 heteroatoms. The highest BCUT2D eigenvalue weighted by atomic mass is 35.5. The van der Waals surface area contributed by atoms with Gasteiger partial charge in [0.2, 0.25) is 12.3 Å². The van der Waals surface area contributed by atoms with Crippen molar-refractivity contribution in [3.8, 4) is 6.07 Å². The van der Waals surface area contributed by atoms with Crippen molar-refractivity contribution in [1.82, 2.24) is 10.2 Å². The van der Waals surface area contributed by atoms with E-state index >= 15 is 0 Å². The minimum absolute atomic E-state index is 0.0306. The zero-order chi connectivity index (χ0) is 25.1. The summed E-state index contributed by atoms with van der Waals surface area (Å²) < 4.78 is 25.6. The van der Waals surface area contributed by atoms with Crippen LogP contribution in [0.25, 0.3) is 0 Å². The quantitative estimate of drug-likeness (QED) is 0.571. The number of halogens is 1. The molecule has 0 spiro atoms. The topological polar surface area (TPSA) is 107 Å². The van der Waals surface area contributed by atoms with Crippen LogP contribution in [0.2, 0.25) is 5.02 Å². The Morgan fingerprint density at radius 3 is 2.29 bits per heavy atom. The number of sulfone groups is 1. The summed E-state index contributed by atoms with van der Waals surface area (Å²) in [6.45, 7) is 0.802. The van der Waals surface area contributed by atoms with E-state index in [1.165, 1.54) is 0 Å². The number of hydrogen-bond donors (Lipinski definition) is 1. The van der Waals surface area contributed by atoms with Gasteiger partial charge >= 0.3 is 0 Å². The third-order valence-corrected chi connectivity index (χ3v) is 9.39. The van der Waals surface area contributed by atoms with Gasteiger partial charge in [-0.1, -0.05) is 54.1 Å². The van der Waals surface area contributed by atoms with Crippen molar-refractivity contribution < 1.29 is 18.0 Å². The van der Waals surface area contributed by atoms with Crippen LogP contribution in [-0.2, 0) is 30.6 Å². The molecule has 1 heterocycles. The van der Waals surface area contributed by atoms with Crippen LogP contribution in [0, 0.1) is 11.3 Å². The number of rotatable bonds is 7. The monoisotopic (exact) mass is 513 g/mol. The van der Waals surface area contributed by atoms with E-state index in [1.807, 2.05) is 48.5 Å². The molecule has 2 aliphatic carbocycles. The smallest absolute Gasteiger partial charge is 0.233 e. The van der Waals surface area contributed by atoms with Gasteiger partial charge in [0.25, 0.3) is 0 Å². The molecule has 5 rings (SSSR count). The van der Waals surface area contributed by atoms with Crippen LogP contribution < -0.4 is 5.32 Å². The molecule has 1 saturated heterocycles. The largest absolute Gasteiger partial charge is 0.341 e. The number of nitrogens with zero attached hydrogens (tertiary/aromatic N) is 2. The maximum absolute atomic E-state index is 13.1. The lowest BCUT2D eigenvalue weighted by Gasteiger charge is -2.23. The molecule has 184 valence electrons. The van der Waals surface area contributed by atoms with Crippen LogP contribution in [0.3, 0.4) is 0 Å². The first-order valence-electron chi connectivity index (χ1n) is 11.7. The van der Waals surface area contributed by atoms with Gasteiger partial charge in [-0.2, -0.15) is 5.26 Å². The Morgan fingerprint density at radius 2 is 1.77 bits per heavy atom. The van der Waals surface area contributed by atoms with E-state index in [4.69, 9.17) is 16.9 Å². The number of nitriles is 1. The second-order valence-electron chi connectivity index (χ2n) is 9.50. The minimum atomic E-state index is -3.29. The number of likely N-dealkylation sites (tertiary alicyclic amines) is 1. The van der Waals surface area contributed by atoms with Gasteiger partial charge in [-0.15, -0.1) is 0 Å². The first-order chi connectivity index (χ1) is 16.7. The first kappa shape index (κ1) is 25.2. The summed E-state index contributed by atoms with van der Waals surface area (Å²) in [5.41, 5.74) is 0.819. The van der Waals surface area contributed by atoms with E-state index in [-0.39, 0.29) is 11.7 Å². The molecular weight excluding hydrogens is 486 g/mol. The van der Waals surface area contributed by atoms with Crippen LogP contribution in [0.4, 0.5) is 0 Å². The highest BCUT2D eigenvalue weighted by molar-refractivity contribution is 7.91. The summed E-state index contributed by atoms with van der Waals surface area (Å²) in [6.07, 6.45) is 4.33. The van der Waals surface area contributed by atoms with E-state index in [0.29, 0.717) is 30.9 Å². The number of benzene rings is 2. The van der Waals surface area contributed by atoms with Crippen molar-refractivity contribution >= 4 is 33.8 Å². The minimum Gasteiger partial charge on any atom is -0.341 e. The molecule has 1 unspecified atom stereocenters. The van der Waals surface area contributed by atoms with Gasteiger partial charge < -0.3 is 10.2 Å². The van der Waals surface area contributed by atoms with Crippen LogP contribution in [0.1, 0.15) is 43.2 Å². The third-order valence-electron chi connectivity index (χ3n) is 7.01. The van der Waals surface area contributed by atoms with Crippen molar-refractivity contribution in [2.45, 2.75) is 54.1 Å². The van der Waals surface area contributed by atoms with E-state index in [1.54, 1.807) is 17.0 Å². The first-order valence-corrected chi connectivity index (χ1v) is 13.8. The Balaban J connectivity index is 0.000000308. The average molecular weight is 514 g/mol. The zero-order valence-corrected chi connectivity index (χ0v) is 20.9. The number of nitrogens with one attached hydrogen (secondary N) is 1. The highest BCUT2D eigenvalue weighted by Crippen LogP contribution is 2.50. The zero-order valence-electron chi connectivity index (χ0n) is 19.3. The normalized spacial score (nSPS) is 21.1. The maximum atomic E-state index is 13.1. The fourth-order valence-electron chi connectivity index (χ4n) is 4.48. The molecule has 1 aliphatic heterocycles. The molecule has 2 amide bonds. The molecule has 1 atom stereocenters. The van der Waals surface area contributed by atoms with Gasteiger partial charge in [-0.3, -0.25) is 9.59 Å². The fourth-order valence-corrected chi connectivity index (χ4v) is 6.37. The van der Waals surface area contributed by atoms with Crippen molar-refractivity contribution in [1.29, 1.82) is 5.26 Å². The molecule has 3 fully saturated rings. The van der Waals surface area contributed by atoms with E-state index in [9.17, 15) is 18.0 Å². The summed E-state index contributed by atoms with van der Waals surface area (Å²) in [6, 6.07) is 18.7. The summed E-state index contributed by atoms with van der Waals surface area (Å²) in [7, 11) is -3.29. The highest BCUT2D eigenvalue weighted by Gasteiger charge is 2.54. The molecule has 3 aliphatic rings. The van der Waals surface area contributed by atoms with Crippen LogP contribution in [0.15, 0.2) is 54.6 Å². The Bertz CT molecular complexity index is 1220. The van der Waals surface area contributed by atoms with Gasteiger partial charge in [0, 0.05) is 18.1 Å². The Kier molecular flexibility index (Phi) is 7.20. The number of carbonyl (C=O) groups excluding carboxylic acids is 2. The molecule has 2 saturated carbocycles. The summed E-state index contributed by atoms with van der Waals surface area (Å²) in [5, 5.41) is 10.9. The van der Waals surface area contributed by atoms with Crippen LogP contribution >= 0.6 is 11.6 Å². The van der Waals surface area contributed by atoms with Gasteiger partial charge in [0.15, 0.2) is 9.84 Å². The van der Waals surface area contributed by atoms with Gasteiger partial charge in [0.05, 0.1) is 22.5 Å². The third kappa shape index (κ3) is 5.68. The lowest BCUT2D eigenvalue weighted by atomic mass is 9.94. The lowest BCUT2D eigenvalue weighted by molar-refractivity contribution is -0.132. The van der Waals surface area contributed by atoms with Gasteiger partial charge in [-0.05, 0) is 55.4 Å². The molecule has 0 radical (unpaired) electrons. The molecule has 2 aromatic carbocycles. The molecular formula is C26H28ClN3O4S. The van der Waals surface area contributed by atoms with Crippen molar-refractivity contribution in [2.24, 2.45) is 0 Å². The SMILES string of the molecule is N#CC1(NC=O)CC1.O=C(N1CCC(S(=O)(=O)Cc2ccccc2)C1)C1(c2ccc(Cl)cc2)CC1. The summed E-state index contributed by atoms with van der Waals surface area (Å²) >= 11 is 5.96. The predicted molar refractivity (Wildman–Crippen MR) is 133 cm³/mol. The Labute approximate surface area is 211 Å². The van der Waals surface area contributed by atoms with E-state index in [0.717, 1.165) is 36.8 Å². The van der Waals surface area contributed by atoms with Crippen molar-refractivity contribution in [3.63, 3.8) is 0 Å². The number of carbonyl (C=O) groups is 2. The van der Waals surface area contributed by atoms with Gasteiger partial charge in [0.1, 0.15) is 5.54 Å². The van der Waals surface area contributed by atoms with Gasteiger partial charge in [-0.25, -0.2) is 8.42 Å². The molecule has 0 aromatic heterocycles. The summed E-state index contributed by atoms with van der Waals surface area (Å²) in [5.74, 6) is 0.0882. The van der Waals surface area contributed by atoms with E-state index < -0.39 is 26.0 Å². The second-order valence-corrected chi connectivity index (χ2v) is 12.2. The molecule has 35 heavy (non-hydrogen) atoms. The van der Waals surface area contributed by atoms with Crippen LogP contribution in [0.5, 0.6) is 0 Å². The fraction of sp³-hybridized carbons (Fsp3) is 0.423.